The fraction of sp³-hybridized carbons (Fsp3) is 0.348. The molecule has 0 saturated heterocycles. The molecule has 0 spiro atoms. The molecule has 0 bridgehead atoms. The van der Waals surface area contributed by atoms with E-state index in [0.29, 0.717) is 16.8 Å². The summed E-state index contributed by atoms with van der Waals surface area (Å²) in [6.45, 7) is 5.70. The first kappa shape index (κ1) is 23.3. The van der Waals surface area contributed by atoms with Gasteiger partial charge in [-0.15, -0.1) is 0 Å². The van der Waals surface area contributed by atoms with Gasteiger partial charge in [0.15, 0.2) is 0 Å². The van der Waals surface area contributed by atoms with Crippen molar-refractivity contribution < 1.29 is 27.5 Å². The summed E-state index contributed by atoms with van der Waals surface area (Å²) in [7, 11) is 0. The Hall–Kier alpha value is -3.36. The zero-order valence-corrected chi connectivity index (χ0v) is 17.9. The molecule has 0 radical (unpaired) electrons. The van der Waals surface area contributed by atoms with Crippen LogP contribution in [0.2, 0.25) is 0 Å². The number of benzene rings is 1. The molecule has 32 heavy (non-hydrogen) atoms. The number of hydrogen-bond donors (Lipinski definition) is 1. The molecule has 6 nitrogen and oxygen atoms in total. The van der Waals surface area contributed by atoms with Gasteiger partial charge >= 0.3 is 12.3 Å². The van der Waals surface area contributed by atoms with E-state index in [1.807, 2.05) is 0 Å². The van der Waals surface area contributed by atoms with E-state index in [1.165, 1.54) is 23.2 Å². The lowest BCUT2D eigenvalue weighted by atomic mass is 10.1. The van der Waals surface area contributed by atoms with Crippen molar-refractivity contribution >= 4 is 12.0 Å². The van der Waals surface area contributed by atoms with Crippen molar-refractivity contribution in [3.05, 3.63) is 65.9 Å². The normalized spacial score (nSPS) is 16.2. The van der Waals surface area contributed by atoms with Crippen molar-refractivity contribution in [1.82, 2.24) is 15.2 Å². The van der Waals surface area contributed by atoms with Crippen LogP contribution in [0.3, 0.4) is 0 Å². The van der Waals surface area contributed by atoms with Crippen LogP contribution in [-0.4, -0.2) is 40.1 Å². The molecule has 2 aromatic rings. The summed E-state index contributed by atoms with van der Waals surface area (Å²) in [5.41, 5.74) is 0.326. The molecule has 1 aliphatic rings. The Morgan fingerprint density at radius 3 is 2.47 bits per heavy atom. The topological polar surface area (TPSA) is 71.5 Å². The van der Waals surface area contributed by atoms with E-state index in [4.69, 9.17) is 4.74 Å². The summed E-state index contributed by atoms with van der Waals surface area (Å²) in [4.78, 5) is 30.5. The number of nitrogens with zero attached hydrogens (tertiary/aromatic N) is 2. The molecule has 2 heterocycles. The van der Waals surface area contributed by atoms with Gasteiger partial charge in [0.2, 0.25) is 5.91 Å². The van der Waals surface area contributed by atoms with Gasteiger partial charge in [0.05, 0.1) is 11.3 Å². The first-order valence-corrected chi connectivity index (χ1v) is 10.0. The smallest absolute Gasteiger partial charge is 0.416 e. The quantitative estimate of drug-likeness (QED) is 0.698. The summed E-state index contributed by atoms with van der Waals surface area (Å²) in [6.07, 6.45) is -0.0872. The molecule has 0 saturated carbocycles. The van der Waals surface area contributed by atoms with Gasteiger partial charge in [0, 0.05) is 24.8 Å². The molecular weight excluding hydrogens is 423 g/mol. The fourth-order valence-corrected chi connectivity index (χ4v) is 3.12. The maximum atomic E-state index is 12.8. The number of pyridine rings is 1. The minimum Gasteiger partial charge on any atom is -0.444 e. The van der Waals surface area contributed by atoms with Crippen LogP contribution in [0.5, 0.6) is 0 Å². The Bertz CT molecular complexity index is 1010. The zero-order valence-electron chi connectivity index (χ0n) is 17.9. The number of hydrogen-bond acceptors (Lipinski definition) is 4. The lowest BCUT2D eigenvalue weighted by Gasteiger charge is -2.28. The second kappa shape index (κ2) is 9.02. The SMILES string of the molecule is CC(C)(C)OC(=O)N1CC=CC1C(=O)NCc1ccnc(-c2ccc(C(F)(F)F)cc2)c1. The van der Waals surface area contributed by atoms with Crippen LogP contribution in [0, 0.1) is 0 Å². The van der Waals surface area contributed by atoms with Crippen LogP contribution in [0.1, 0.15) is 31.9 Å². The Labute approximate surface area is 184 Å². The van der Waals surface area contributed by atoms with Crippen LogP contribution >= 0.6 is 0 Å². The highest BCUT2D eigenvalue weighted by Crippen LogP contribution is 2.30. The highest BCUT2D eigenvalue weighted by Gasteiger charge is 2.33. The molecule has 0 aliphatic carbocycles. The maximum absolute atomic E-state index is 12.8. The molecule has 0 fully saturated rings. The van der Waals surface area contributed by atoms with E-state index in [9.17, 15) is 22.8 Å². The van der Waals surface area contributed by atoms with Crippen LogP contribution < -0.4 is 5.32 Å². The average molecular weight is 447 g/mol. The molecule has 1 unspecified atom stereocenters. The zero-order chi connectivity index (χ0) is 23.5. The average Bonchev–Trinajstić information content (AvgIpc) is 3.21. The summed E-state index contributed by atoms with van der Waals surface area (Å²) >= 11 is 0. The summed E-state index contributed by atoms with van der Waals surface area (Å²) in [6, 6.07) is 7.33. The monoisotopic (exact) mass is 447 g/mol. The molecule has 170 valence electrons. The number of ether oxygens (including phenoxy) is 1. The van der Waals surface area contributed by atoms with Crippen molar-refractivity contribution in [1.29, 1.82) is 0 Å². The van der Waals surface area contributed by atoms with Crippen molar-refractivity contribution in [2.24, 2.45) is 0 Å². The highest BCUT2D eigenvalue weighted by atomic mass is 19.4. The molecular formula is C23H24F3N3O3. The van der Waals surface area contributed by atoms with Crippen molar-refractivity contribution in [3.63, 3.8) is 0 Å². The van der Waals surface area contributed by atoms with Crippen molar-refractivity contribution in [2.75, 3.05) is 6.54 Å². The minimum atomic E-state index is -4.40. The van der Waals surface area contributed by atoms with Crippen LogP contribution in [-0.2, 0) is 22.3 Å². The third-order valence-corrected chi connectivity index (χ3v) is 4.65. The van der Waals surface area contributed by atoms with Crippen LogP contribution in [0.15, 0.2) is 54.7 Å². The van der Waals surface area contributed by atoms with Gasteiger partial charge in [-0.05, 0) is 50.6 Å². The molecule has 1 aromatic carbocycles. The number of halogens is 3. The van der Waals surface area contributed by atoms with Gasteiger partial charge in [0.1, 0.15) is 11.6 Å². The summed E-state index contributed by atoms with van der Waals surface area (Å²) in [5, 5.41) is 2.78. The van der Waals surface area contributed by atoms with E-state index in [-0.39, 0.29) is 19.0 Å². The first-order valence-electron chi connectivity index (χ1n) is 10.0. The van der Waals surface area contributed by atoms with Gasteiger partial charge in [-0.1, -0.05) is 24.3 Å². The molecule has 3 rings (SSSR count). The number of nitrogens with one attached hydrogen (secondary N) is 1. The van der Waals surface area contributed by atoms with Gasteiger partial charge in [-0.3, -0.25) is 14.7 Å². The molecule has 2 amide bonds. The molecule has 1 aromatic heterocycles. The maximum Gasteiger partial charge on any atom is 0.416 e. The van der Waals surface area contributed by atoms with E-state index in [1.54, 1.807) is 45.1 Å². The number of amides is 2. The summed E-state index contributed by atoms with van der Waals surface area (Å²) in [5.74, 6) is -0.363. The Kier molecular flexibility index (Phi) is 6.57. The van der Waals surface area contributed by atoms with E-state index in [0.717, 1.165) is 12.1 Å². The second-order valence-corrected chi connectivity index (χ2v) is 8.35. The van der Waals surface area contributed by atoms with Crippen LogP contribution in [0.4, 0.5) is 18.0 Å². The Morgan fingerprint density at radius 1 is 1.16 bits per heavy atom. The third-order valence-electron chi connectivity index (χ3n) is 4.65. The Balaban J connectivity index is 1.64. The predicted molar refractivity (Wildman–Crippen MR) is 112 cm³/mol. The number of alkyl halides is 3. The molecule has 1 aliphatic heterocycles. The van der Waals surface area contributed by atoms with Gasteiger partial charge in [-0.25, -0.2) is 4.79 Å². The van der Waals surface area contributed by atoms with Crippen LogP contribution in [0.25, 0.3) is 11.3 Å². The van der Waals surface area contributed by atoms with Gasteiger partial charge < -0.3 is 10.1 Å². The first-order chi connectivity index (χ1) is 14.9. The highest BCUT2D eigenvalue weighted by molar-refractivity contribution is 5.88. The Morgan fingerprint density at radius 2 is 1.84 bits per heavy atom. The molecule has 9 heteroatoms. The largest absolute Gasteiger partial charge is 0.444 e. The minimum absolute atomic E-state index is 0.168. The second-order valence-electron chi connectivity index (χ2n) is 8.35. The lowest BCUT2D eigenvalue weighted by molar-refractivity contribution is -0.137. The predicted octanol–water partition coefficient (Wildman–Crippen LogP) is 4.56. The lowest BCUT2D eigenvalue weighted by Crippen LogP contribution is -2.47. The number of carbonyl (C=O) groups excluding carboxylic acids is 2. The molecule has 1 N–H and O–H groups in total. The van der Waals surface area contributed by atoms with Gasteiger partial charge in [0.25, 0.3) is 0 Å². The standard InChI is InChI=1S/C23H24F3N3O3/c1-22(2,3)32-21(31)29-12-4-5-19(29)20(30)28-14-15-10-11-27-18(13-15)16-6-8-17(9-7-16)23(24,25)26/h4-11,13,19H,12,14H2,1-3H3,(H,28,30). The van der Waals surface area contributed by atoms with E-state index in [2.05, 4.69) is 10.3 Å². The van der Waals surface area contributed by atoms with Gasteiger partial charge in [-0.2, -0.15) is 13.2 Å². The molecule has 1 atom stereocenters. The van der Waals surface area contributed by atoms with Crippen molar-refractivity contribution in [2.45, 2.75) is 45.1 Å². The van der Waals surface area contributed by atoms with Crippen molar-refractivity contribution in [3.8, 4) is 11.3 Å². The third kappa shape index (κ3) is 5.87. The fourth-order valence-electron chi connectivity index (χ4n) is 3.12. The number of rotatable bonds is 4. The number of aromatic nitrogens is 1. The van der Waals surface area contributed by atoms with E-state index < -0.39 is 29.5 Å². The number of carbonyl (C=O) groups is 2. The summed E-state index contributed by atoms with van der Waals surface area (Å²) < 4.78 is 43.6. The van der Waals surface area contributed by atoms with E-state index >= 15 is 0 Å².